The predicted octanol–water partition coefficient (Wildman–Crippen LogP) is 2.22. The number of aromatic amines is 1. The molecule has 0 saturated carbocycles. The number of rotatable bonds is 7. The van der Waals surface area contributed by atoms with E-state index in [4.69, 9.17) is 4.74 Å². The van der Waals surface area contributed by atoms with Gasteiger partial charge in [-0.1, -0.05) is 22.9 Å². The lowest BCUT2D eigenvalue weighted by Crippen LogP contribution is -2.28. The van der Waals surface area contributed by atoms with Gasteiger partial charge in [-0.15, -0.1) is 10.2 Å². The van der Waals surface area contributed by atoms with E-state index in [9.17, 15) is 0 Å². The zero-order chi connectivity index (χ0) is 15.1. The summed E-state index contributed by atoms with van der Waals surface area (Å²) < 4.78 is 5.31. The summed E-state index contributed by atoms with van der Waals surface area (Å²) in [6.07, 6.45) is 2.87. The van der Waals surface area contributed by atoms with Crippen molar-refractivity contribution in [1.29, 1.82) is 0 Å². The first-order chi connectivity index (χ1) is 10.2. The van der Waals surface area contributed by atoms with E-state index < -0.39 is 0 Å². The molecule has 0 aliphatic rings. The monoisotopic (exact) mass is 287 g/mol. The first-order valence-corrected chi connectivity index (χ1v) is 6.96. The highest BCUT2D eigenvalue weighted by atomic mass is 16.5. The molecule has 0 bridgehead atoms. The van der Waals surface area contributed by atoms with Crippen LogP contribution in [0.25, 0.3) is 0 Å². The molecule has 1 N–H and O–H groups in total. The number of aromatic nitrogens is 4. The lowest BCUT2D eigenvalue weighted by atomic mass is 10.2. The van der Waals surface area contributed by atoms with Crippen molar-refractivity contribution < 1.29 is 4.74 Å². The maximum Gasteiger partial charge on any atom is 0.176 e. The lowest BCUT2D eigenvalue weighted by molar-refractivity contribution is 0.415. The van der Waals surface area contributed by atoms with Crippen molar-refractivity contribution in [3.05, 3.63) is 41.7 Å². The molecule has 21 heavy (non-hydrogen) atoms. The fourth-order valence-electron chi connectivity index (χ4n) is 2.02. The van der Waals surface area contributed by atoms with Gasteiger partial charge in [-0.05, 0) is 26.0 Å². The molecule has 1 heterocycles. The minimum absolute atomic E-state index is 0.723. The van der Waals surface area contributed by atoms with Crippen molar-refractivity contribution in [1.82, 2.24) is 20.6 Å². The number of nitrogens with one attached hydrogen (secondary N) is 1. The maximum absolute atomic E-state index is 5.31. The average Bonchev–Trinajstić information content (AvgIpc) is 3.04. The van der Waals surface area contributed by atoms with Crippen LogP contribution in [0.2, 0.25) is 0 Å². The van der Waals surface area contributed by atoms with Crippen LogP contribution in [0.1, 0.15) is 19.7 Å². The quantitative estimate of drug-likeness (QED) is 0.791. The van der Waals surface area contributed by atoms with Gasteiger partial charge >= 0.3 is 0 Å². The van der Waals surface area contributed by atoms with Gasteiger partial charge in [0.05, 0.1) is 7.11 Å². The van der Waals surface area contributed by atoms with Crippen LogP contribution in [0.3, 0.4) is 0 Å². The first kappa shape index (κ1) is 15.0. The van der Waals surface area contributed by atoms with Gasteiger partial charge in [-0.2, -0.15) is 5.21 Å². The average molecular weight is 287 g/mol. The molecule has 0 spiro atoms. The highest BCUT2D eigenvalue weighted by molar-refractivity contribution is 5.51. The third kappa shape index (κ3) is 4.30. The highest BCUT2D eigenvalue weighted by Crippen LogP contribution is 2.22. The van der Waals surface area contributed by atoms with E-state index in [0.717, 1.165) is 36.8 Å². The van der Waals surface area contributed by atoms with Gasteiger partial charge in [0, 0.05) is 31.3 Å². The molecular formula is C15H21N5O. The molecule has 6 nitrogen and oxygen atoms in total. The van der Waals surface area contributed by atoms with Crippen molar-refractivity contribution >= 4 is 5.69 Å². The molecule has 1 aromatic heterocycles. The summed E-state index contributed by atoms with van der Waals surface area (Å²) in [4.78, 5) is 2.29. The molecule has 0 atom stereocenters. The molecule has 112 valence electrons. The van der Waals surface area contributed by atoms with Crippen molar-refractivity contribution in [2.75, 3.05) is 25.1 Å². The number of anilines is 1. The summed E-state index contributed by atoms with van der Waals surface area (Å²) >= 11 is 0. The molecule has 0 aliphatic carbocycles. The Morgan fingerprint density at radius 1 is 1.43 bits per heavy atom. The van der Waals surface area contributed by atoms with Gasteiger partial charge in [-0.3, -0.25) is 0 Å². The van der Waals surface area contributed by atoms with Crippen LogP contribution in [-0.4, -0.2) is 40.8 Å². The fourth-order valence-corrected chi connectivity index (χ4v) is 2.02. The van der Waals surface area contributed by atoms with E-state index in [1.54, 1.807) is 7.11 Å². The van der Waals surface area contributed by atoms with Gasteiger partial charge in [0.15, 0.2) is 5.82 Å². The molecule has 0 aliphatic heterocycles. The molecule has 6 heteroatoms. The number of hydrogen-bond donors (Lipinski definition) is 1. The van der Waals surface area contributed by atoms with Crippen molar-refractivity contribution in [2.45, 2.75) is 20.3 Å². The van der Waals surface area contributed by atoms with Crippen molar-refractivity contribution in [3.8, 4) is 5.75 Å². The van der Waals surface area contributed by atoms with Gasteiger partial charge < -0.3 is 9.64 Å². The van der Waals surface area contributed by atoms with Gasteiger partial charge in [0.1, 0.15) is 5.75 Å². The standard InChI is InChI=1S/C15H21N5O/c1-4-12(2)11-20(9-8-15-16-18-19-17-15)13-6-5-7-14(10-13)21-3/h4-7,10H,8-9,11H2,1-3H3,(H,16,17,18,19)/b12-4+. The number of methoxy groups -OCH3 is 1. The Morgan fingerprint density at radius 3 is 2.95 bits per heavy atom. The van der Waals surface area contributed by atoms with Crippen molar-refractivity contribution in [2.24, 2.45) is 0 Å². The molecular weight excluding hydrogens is 266 g/mol. The molecule has 2 aromatic rings. The predicted molar refractivity (Wildman–Crippen MR) is 82.5 cm³/mol. The number of benzene rings is 1. The van der Waals surface area contributed by atoms with E-state index in [1.165, 1.54) is 5.57 Å². The number of H-pyrrole nitrogens is 1. The van der Waals surface area contributed by atoms with Crippen molar-refractivity contribution in [3.63, 3.8) is 0 Å². The largest absolute Gasteiger partial charge is 0.497 e. The first-order valence-electron chi connectivity index (χ1n) is 6.96. The van der Waals surface area contributed by atoms with Crippen LogP contribution in [-0.2, 0) is 6.42 Å². The van der Waals surface area contributed by atoms with Crippen LogP contribution in [0.15, 0.2) is 35.9 Å². The van der Waals surface area contributed by atoms with E-state index in [0.29, 0.717) is 0 Å². The van der Waals surface area contributed by atoms with E-state index >= 15 is 0 Å². The number of allylic oxidation sites excluding steroid dienone is 1. The fraction of sp³-hybridized carbons (Fsp3) is 0.400. The summed E-state index contributed by atoms with van der Waals surface area (Å²) in [5, 5.41) is 14.1. The molecule has 2 rings (SSSR count). The topological polar surface area (TPSA) is 66.9 Å². The summed E-state index contributed by atoms with van der Waals surface area (Å²) in [6.45, 7) is 5.86. The van der Waals surface area contributed by atoms with Crippen LogP contribution in [0, 0.1) is 0 Å². The maximum atomic E-state index is 5.31. The normalized spacial score (nSPS) is 11.5. The molecule has 1 aromatic carbocycles. The Balaban J connectivity index is 2.13. The second-order valence-corrected chi connectivity index (χ2v) is 4.84. The van der Waals surface area contributed by atoms with Gasteiger partial charge in [0.2, 0.25) is 0 Å². The Morgan fingerprint density at radius 2 is 2.29 bits per heavy atom. The summed E-state index contributed by atoms with van der Waals surface area (Å²) in [5.74, 6) is 1.58. The second-order valence-electron chi connectivity index (χ2n) is 4.84. The Bertz CT molecular complexity index is 580. The Kier molecular flexibility index (Phi) is 5.31. The Hall–Kier alpha value is -2.37. The number of ether oxygens (including phenoxy) is 1. The minimum Gasteiger partial charge on any atom is -0.497 e. The Labute approximate surface area is 124 Å². The molecule has 0 radical (unpaired) electrons. The third-order valence-corrected chi connectivity index (χ3v) is 3.35. The zero-order valence-corrected chi connectivity index (χ0v) is 12.7. The molecule has 0 unspecified atom stereocenters. The van der Waals surface area contributed by atoms with E-state index in [2.05, 4.69) is 51.5 Å². The zero-order valence-electron chi connectivity index (χ0n) is 12.7. The minimum atomic E-state index is 0.723. The van der Waals surface area contributed by atoms with Crippen LogP contribution in [0.4, 0.5) is 5.69 Å². The summed E-state index contributed by atoms with van der Waals surface area (Å²) in [5.41, 5.74) is 2.44. The highest BCUT2D eigenvalue weighted by Gasteiger charge is 2.10. The van der Waals surface area contributed by atoms with Gasteiger partial charge in [0.25, 0.3) is 0 Å². The van der Waals surface area contributed by atoms with E-state index in [-0.39, 0.29) is 0 Å². The molecule has 0 amide bonds. The van der Waals surface area contributed by atoms with Gasteiger partial charge in [-0.25, -0.2) is 0 Å². The number of tetrazole rings is 1. The molecule has 0 saturated heterocycles. The van der Waals surface area contributed by atoms with E-state index in [1.807, 2.05) is 18.2 Å². The summed E-state index contributed by atoms with van der Waals surface area (Å²) in [6, 6.07) is 8.07. The lowest BCUT2D eigenvalue weighted by Gasteiger charge is -2.25. The SMILES string of the molecule is C/C=C(\C)CN(CCc1nn[nH]n1)c1cccc(OC)c1. The van der Waals surface area contributed by atoms with Crippen LogP contribution >= 0.6 is 0 Å². The number of hydrogen-bond acceptors (Lipinski definition) is 5. The summed E-state index contributed by atoms with van der Waals surface area (Å²) in [7, 11) is 1.68. The second kappa shape index (κ2) is 7.42. The third-order valence-electron chi connectivity index (χ3n) is 3.35. The smallest absolute Gasteiger partial charge is 0.176 e. The van der Waals surface area contributed by atoms with Crippen LogP contribution < -0.4 is 9.64 Å². The molecule has 0 fully saturated rings. The number of nitrogens with zero attached hydrogens (tertiary/aromatic N) is 4. The van der Waals surface area contributed by atoms with Crippen LogP contribution in [0.5, 0.6) is 5.75 Å².